The fraction of sp³-hybridized carbons (Fsp3) is 0.375. The van der Waals surface area contributed by atoms with Gasteiger partial charge in [-0.25, -0.2) is 4.98 Å². The lowest BCUT2D eigenvalue weighted by molar-refractivity contribution is -0.001000. The zero-order valence-electron chi connectivity index (χ0n) is 13.7. The first-order valence-electron chi connectivity index (χ1n) is 7.23. The van der Waals surface area contributed by atoms with Gasteiger partial charge in [-0.05, 0) is 20.0 Å². The topological polar surface area (TPSA) is 36.7 Å². The van der Waals surface area contributed by atoms with Crippen LogP contribution in [-0.2, 0) is 6.54 Å². The molecule has 3 heterocycles. The maximum Gasteiger partial charge on any atom is 0.0945 e. The lowest BCUT2D eigenvalue weighted by Crippen LogP contribution is -3.00. The van der Waals surface area contributed by atoms with E-state index < -0.39 is 0 Å². The molecule has 0 amide bonds. The van der Waals surface area contributed by atoms with Crippen LogP contribution in [0.15, 0.2) is 61.2 Å². The van der Waals surface area contributed by atoms with Gasteiger partial charge in [0.2, 0.25) is 0 Å². The van der Waals surface area contributed by atoms with E-state index in [1.807, 2.05) is 40.4 Å². The van der Waals surface area contributed by atoms with Crippen molar-refractivity contribution in [3.8, 4) is 0 Å². The van der Waals surface area contributed by atoms with Crippen LogP contribution in [0.5, 0.6) is 0 Å². The minimum absolute atomic E-state index is 0. The van der Waals surface area contributed by atoms with Crippen molar-refractivity contribution in [2.75, 3.05) is 13.2 Å². The Balaban J connectivity index is 0. The second kappa shape index (κ2) is 15.8. The lowest BCUT2D eigenvalue weighted by Gasteiger charge is -2.15. The van der Waals surface area contributed by atoms with Crippen LogP contribution >= 0.6 is 0 Å². The Kier molecular flexibility index (Phi) is 16.6. The van der Waals surface area contributed by atoms with Crippen molar-refractivity contribution in [1.29, 1.82) is 0 Å². The SMILES string of the molecule is C1=CN=CC1.C=CN1C=CN(CC)C1.CCn1ccnc1.[Br-].[I-]. The maximum absolute atomic E-state index is 3.86. The van der Waals surface area contributed by atoms with Crippen LogP contribution in [0.25, 0.3) is 0 Å². The lowest BCUT2D eigenvalue weighted by atomic mass is 10.5. The molecule has 2 aliphatic heterocycles. The van der Waals surface area contributed by atoms with Crippen LogP contribution in [0.1, 0.15) is 20.3 Å². The molecule has 0 spiro atoms. The first kappa shape index (κ1) is 24.2. The third-order valence-corrected chi connectivity index (χ3v) is 2.92. The molecule has 1 aromatic rings. The average molecular weight is 494 g/mol. The van der Waals surface area contributed by atoms with Crippen molar-refractivity contribution >= 4 is 6.21 Å². The molecule has 0 aromatic carbocycles. The molecule has 0 unspecified atom stereocenters. The van der Waals surface area contributed by atoms with Crippen LogP contribution in [0, 0.1) is 0 Å². The molecule has 23 heavy (non-hydrogen) atoms. The van der Waals surface area contributed by atoms with Crippen LogP contribution in [0.2, 0.25) is 0 Å². The molecule has 0 saturated heterocycles. The molecule has 130 valence electrons. The minimum Gasteiger partial charge on any atom is -1.00 e. The van der Waals surface area contributed by atoms with E-state index in [1.165, 1.54) is 0 Å². The summed E-state index contributed by atoms with van der Waals surface area (Å²) in [7, 11) is 0. The normalized spacial score (nSPS) is 13.3. The predicted molar refractivity (Wildman–Crippen MR) is 88.6 cm³/mol. The third kappa shape index (κ3) is 11.1. The van der Waals surface area contributed by atoms with Crippen LogP contribution in [-0.4, -0.2) is 38.8 Å². The van der Waals surface area contributed by atoms with Crippen LogP contribution < -0.4 is 41.0 Å². The molecule has 0 atom stereocenters. The van der Waals surface area contributed by atoms with E-state index in [-0.39, 0.29) is 41.0 Å². The summed E-state index contributed by atoms with van der Waals surface area (Å²) in [5.74, 6) is 0. The highest BCUT2D eigenvalue weighted by Gasteiger charge is 2.05. The van der Waals surface area contributed by atoms with Crippen molar-refractivity contribution in [3.63, 3.8) is 0 Å². The number of imidazole rings is 1. The third-order valence-electron chi connectivity index (χ3n) is 2.92. The molecule has 5 nitrogen and oxygen atoms in total. The summed E-state index contributed by atoms with van der Waals surface area (Å²) >= 11 is 0. The number of nitrogens with zero attached hydrogens (tertiary/aromatic N) is 5. The van der Waals surface area contributed by atoms with E-state index in [1.54, 1.807) is 18.7 Å². The minimum atomic E-state index is 0. The van der Waals surface area contributed by atoms with E-state index in [0.717, 1.165) is 26.2 Å². The van der Waals surface area contributed by atoms with Gasteiger partial charge in [0.1, 0.15) is 0 Å². The van der Waals surface area contributed by atoms with Gasteiger partial charge in [-0.2, -0.15) is 0 Å². The summed E-state index contributed by atoms with van der Waals surface area (Å²) in [6.07, 6.45) is 18.2. The summed E-state index contributed by atoms with van der Waals surface area (Å²) < 4.78 is 2.01. The van der Waals surface area contributed by atoms with Crippen LogP contribution in [0.3, 0.4) is 0 Å². The Morgan fingerprint density at radius 2 is 2.00 bits per heavy atom. The Morgan fingerprint density at radius 1 is 1.22 bits per heavy atom. The quantitative estimate of drug-likeness (QED) is 0.423. The van der Waals surface area contributed by atoms with E-state index in [2.05, 4.69) is 41.5 Å². The summed E-state index contributed by atoms with van der Waals surface area (Å²) in [5.41, 5.74) is 0. The molecule has 2 aliphatic rings. The van der Waals surface area contributed by atoms with Gasteiger partial charge < -0.3 is 55.3 Å². The molecule has 0 radical (unpaired) electrons. The number of aryl methyl sites for hydroxylation is 1. The monoisotopic (exact) mass is 493 g/mol. The molecule has 0 N–H and O–H groups in total. The number of rotatable bonds is 3. The summed E-state index contributed by atoms with van der Waals surface area (Å²) in [4.78, 5) is 11.9. The fourth-order valence-corrected chi connectivity index (χ4v) is 1.59. The number of aliphatic imine (C=N–C) groups is 1. The molecule has 0 aliphatic carbocycles. The Bertz CT molecular complexity index is 461. The Morgan fingerprint density at radius 3 is 2.26 bits per heavy atom. The van der Waals surface area contributed by atoms with Gasteiger partial charge in [0.25, 0.3) is 0 Å². The van der Waals surface area contributed by atoms with Gasteiger partial charge in [-0.1, -0.05) is 12.7 Å². The van der Waals surface area contributed by atoms with Crippen molar-refractivity contribution < 1.29 is 41.0 Å². The molecule has 0 bridgehead atoms. The molecule has 7 heteroatoms. The van der Waals surface area contributed by atoms with E-state index in [4.69, 9.17) is 0 Å². The molecular weight excluding hydrogens is 469 g/mol. The first-order valence-corrected chi connectivity index (χ1v) is 7.23. The molecule has 0 fully saturated rings. The summed E-state index contributed by atoms with van der Waals surface area (Å²) in [6, 6.07) is 0. The number of allylic oxidation sites excluding steroid dienone is 1. The predicted octanol–water partition coefficient (Wildman–Crippen LogP) is -2.92. The first-order chi connectivity index (χ1) is 10.3. The molecule has 0 saturated carbocycles. The Hall–Kier alpha value is -1.09. The van der Waals surface area contributed by atoms with Crippen molar-refractivity contribution in [1.82, 2.24) is 19.4 Å². The van der Waals surface area contributed by atoms with Crippen molar-refractivity contribution in [2.45, 2.75) is 26.8 Å². The van der Waals surface area contributed by atoms with Gasteiger partial charge in [0, 0.05) is 56.7 Å². The molecule has 3 rings (SSSR count). The summed E-state index contributed by atoms with van der Waals surface area (Å²) in [5, 5.41) is 0. The molecule has 1 aromatic heterocycles. The van der Waals surface area contributed by atoms with Crippen molar-refractivity contribution in [2.24, 2.45) is 4.99 Å². The van der Waals surface area contributed by atoms with E-state index in [9.17, 15) is 0 Å². The average Bonchev–Trinajstić information content (AvgIpc) is 3.31. The summed E-state index contributed by atoms with van der Waals surface area (Å²) in [6.45, 7) is 10.9. The number of aromatic nitrogens is 2. The zero-order chi connectivity index (χ0) is 15.3. The highest BCUT2D eigenvalue weighted by atomic mass is 127. The van der Waals surface area contributed by atoms with Gasteiger partial charge in [-0.3, -0.25) is 4.99 Å². The standard InChI is InChI=1S/C7H12N2.C5H8N2.C4H5N.BrH.HI/c1-3-8-5-6-9(4-2)7-8;1-2-7-4-3-6-5-7;1-2-4-5-3-1;;/h3,5-6H,1,4,7H2,2H3;3-5H,2H2,1H3;1,3-4H,2H2;2*1H/p-2. The number of halogens is 2. The number of hydrogen-bond donors (Lipinski definition) is 0. The Labute approximate surface area is 167 Å². The van der Waals surface area contributed by atoms with Crippen LogP contribution in [0.4, 0.5) is 0 Å². The van der Waals surface area contributed by atoms with Gasteiger partial charge >= 0.3 is 0 Å². The van der Waals surface area contributed by atoms with Gasteiger partial charge in [0.05, 0.1) is 13.0 Å². The van der Waals surface area contributed by atoms with Crippen molar-refractivity contribution in [3.05, 3.63) is 56.2 Å². The van der Waals surface area contributed by atoms with E-state index >= 15 is 0 Å². The maximum atomic E-state index is 3.86. The smallest absolute Gasteiger partial charge is 0.0945 e. The second-order valence-corrected chi connectivity index (χ2v) is 4.39. The zero-order valence-corrected chi connectivity index (χ0v) is 17.5. The van der Waals surface area contributed by atoms with E-state index in [0.29, 0.717) is 0 Å². The fourth-order valence-electron chi connectivity index (χ4n) is 1.59. The highest BCUT2D eigenvalue weighted by Crippen LogP contribution is 2.04. The van der Waals surface area contributed by atoms with Gasteiger partial charge in [-0.15, -0.1) is 0 Å². The highest BCUT2D eigenvalue weighted by molar-refractivity contribution is 5.62. The number of hydrogen-bond acceptors (Lipinski definition) is 4. The largest absolute Gasteiger partial charge is 1.00 e. The second-order valence-electron chi connectivity index (χ2n) is 4.39. The van der Waals surface area contributed by atoms with Gasteiger partial charge in [0.15, 0.2) is 0 Å². The molecular formula is C16H25BrIN5-2.